The van der Waals surface area contributed by atoms with Gasteiger partial charge in [-0.25, -0.2) is 0 Å². The number of carbonyl (C=O) groups excluding carboxylic acids is 1. The van der Waals surface area contributed by atoms with Crippen LogP contribution in [0.4, 0.5) is 5.69 Å². The van der Waals surface area contributed by atoms with Gasteiger partial charge in [0.25, 0.3) is 0 Å². The molecule has 92 valence electrons. The Morgan fingerprint density at radius 1 is 1.47 bits per heavy atom. The van der Waals surface area contributed by atoms with Gasteiger partial charge in [0.15, 0.2) is 0 Å². The molecule has 17 heavy (non-hydrogen) atoms. The number of carbonyl (C=O) groups is 1. The molecule has 0 radical (unpaired) electrons. The zero-order chi connectivity index (χ0) is 12.8. The third kappa shape index (κ3) is 3.95. The normalized spacial score (nSPS) is 11.7. The van der Waals surface area contributed by atoms with Crippen LogP contribution in [-0.4, -0.2) is 18.5 Å². The number of halogens is 2. The van der Waals surface area contributed by atoms with Gasteiger partial charge in [-0.1, -0.05) is 35.3 Å². The minimum absolute atomic E-state index is 0.138. The quantitative estimate of drug-likeness (QED) is 0.809. The molecule has 0 spiro atoms. The Morgan fingerprint density at radius 3 is 2.59 bits per heavy atom. The summed E-state index contributed by atoms with van der Waals surface area (Å²) in [5.74, 6) is -0.138. The van der Waals surface area contributed by atoms with Gasteiger partial charge in [0.2, 0.25) is 5.91 Å². The lowest BCUT2D eigenvalue weighted by Gasteiger charge is -2.16. The first kappa shape index (κ1) is 13.9. The van der Waals surface area contributed by atoms with Crippen molar-refractivity contribution in [3.8, 4) is 0 Å². The SMILES string of the molecule is C=CCNC(=O)C(C)Nc1c(Cl)cccc1Cl. The summed E-state index contributed by atoms with van der Waals surface area (Å²) in [4.78, 5) is 11.6. The van der Waals surface area contributed by atoms with Gasteiger partial charge in [-0.05, 0) is 19.1 Å². The Kier molecular flexibility index (Phi) is 5.32. The van der Waals surface area contributed by atoms with Crippen LogP contribution >= 0.6 is 23.2 Å². The number of amides is 1. The third-order valence-corrected chi connectivity index (χ3v) is 2.77. The molecule has 0 aromatic heterocycles. The lowest BCUT2D eigenvalue weighted by Crippen LogP contribution is -2.37. The molecule has 0 aliphatic heterocycles. The second kappa shape index (κ2) is 6.52. The highest BCUT2D eigenvalue weighted by atomic mass is 35.5. The van der Waals surface area contributed by atoms with Crippen LogP contribution in [0.1, 0.15) is 6.92 Å². The molecule has 3 nitrogen and oxygen atoms in total. The minimum Gasteiger partial charge on any atom is -0.371 e. The van der Waals surface area contributed by atoms with Crippen LogP contribution in [0.25, 0.3) is 0 Å². The van der Waals surface area contributed by atoms with Crippen LogP contribution in [0.3, 0.4) is 0 Å². The van der Waals surface area contributed by atoms with E-state index in [-0.39, 0.29) is 5.91 Å². The lowest BCUT2D eigenvalue weighted by molar-refractivity contribution is -0.121. The molecule has 0 aliphatic carbocycles. The first-order chi connectivity index (χ1) is 8.06. The zero-order valence-corrected chi connectivity index (χ0v) is 11.0. The molecular weight excluding hydrogens is 259 g/mol. The number of hydrogen-bond donors (Lipinski definition) is 2. The highest BCUT2D eigenvalue weighted by Crippen LogP contribution is 2.30. The van der Waals surface area contributed by atoms with Crippen LogP contribution in [-0.2, 0) is 4.79 Å². The highest BCUT2D eigenvalue weighted by Gasteiger charge is 2.14. The number of benzene rings is 1. The zero-order valence-electron chi connectivity index (χ0n) is 9.47. The molecule has 0 saturated carbocycles. The number of hydrogen-bond acceptors (Lipinski definition) is 2. The van der Waals surface area contributed by atoms with E-state index in [1.54, 1.807) is 31.2 Å². The topological polar surface area (TPSA) is 41.1 Å². The Labute approximate surface area is 111 Å². The fraction of sp³-hybridized carbons (Fsp3) is 0.250. The van der Waals surface area contributed by atoms with Crippen LogP contribution in [0.2, 0.25) is 10.0 Å². The van der Waals surface area contributed by atoms with E-state index in [1.807, 2.05) is 0 Å². The van der Waals surface area contributed by atoms with Gasteiger partial charge in [-0.2, -0.15) is 0 Å². The molecule has 2 N–H and O–H groups in total. The van der Waals surface area contributed by atoms with Crippen molar-refractivity contribution in [3.63, 3.8) is 0 Å². The molecule has 0 saturated heterocycles. The second-order valence-electron chi connectivity index (χ2n) is 3.50. The molecule has 0 bridgehead atoms. The summed E-state index contributed by atoms with van der Waals surface area (Å²) in [5, 5.41) is 6.64. The van der Waals surface area contributed by atoms with Gasteiger partial charge in [-0.15, -0.1) is 6.58 Å². The molecule has 1 rings (SSSR count). The van der Waals surface area contributed by atoms with Gasteiger partial charge in [0, 0.05) is 6.54 Å². The van der Waals surface area contributed by atoms with E-state index in [0.717, 1.165) is 0 Å². The third-order valence-electron chi connectivity index (χ3n) is 2.14. The largest absolute Gasteiger partial charge is 0.371 e. The van der Waals surface area contributed by atoms with Crippen molar-refractivity contribution in [2.75, 3.05) is 11.9 Å². The van der Waals surface area contributed by atoms with Crippen LogP contribution in [0.15, 0.2) is 30.9 Å². The van der Waals surface area contributed by atoms with Gasteiger partial charge in [0.05, 0.1) is 15.7 Å². The minimum atomic E-state index is -0.424. The van der Waals surface area contributed by atoms with Crippen LogP contribution < -0.4 is 10.6 Å². The fourth-order valence-corrected chi connectivity index (χ4v) is 1.75. The van der Waals surface area contributed by atoms with Crippen molar-refractivity contribution in [3.05, 3.63) is 40.9 Å². The van der Waals surface area contributed by atoms with Crippen molar-refractivity contribution in [1.82, 2.24) is 5.32 Å². The standard InChI is InChI=1S/C12H14Cl2N2O/c1-3-7-15-12(17)8(2)16-11-9(13)5-4-6-10(11)14/h3-6,8,16H,1,7H2,2H3,(H,15,17). The Hall–Kier alpha value is -1.19. The molecule has 1 unspecified atom stereocenters. The average Bonchev–Trinajstić information content (AvgIpc) is 2.30. The summed E-state index contributed by atoms with van der Waals surface area (Å²) in [6.45, 7) is 5.69. The van der Waals surface area contributed by atoms with E-state index in [1.165, 1.54) is 0 Å². The molecule has 1 atom stereocenters. The van der Waals surface area contributed by atoms with Crippen molar-refractivity contribution in [1.29, 1.82) is 0 Å². The van der Waals surface area contributed by atoms with E-state index < -0.39 is 6.04 Å². The predicted molar refractivity (Wildman–Crippen MR) is 72.8 cm³/mol. The van der Waals surface area contributed by atoms with Crippen LogP contribution in [0.5, 0.6) is 0 Å². The Balaban J connectivity index is 2.70. The maximum Gasteiger partial charge on any atom is 0.242 e. The van der Waals surface area contributed by atoms with Gasteiger partial charge in [0.1, 0.15) is 6.04 Å². The summed E-state index contributed by atoms with van der Waals surface area (Å²) >= 11 is 12.0. The molecular formula is C12H14Cl2N2O. The molecule has 0 aliphatic rings. The highest BCUT2D eigenvalue weighted by molar-refractivity contribution is 6.39. The van der Waals surface area contributed by atoms with E-state index in [4.69, 9.17) is 23.2 Å². The first-order valence-corrected chi connectivity index (χ1v) is 5.91. The maximum atomic E-state index is 11.6. The number of anilines is 1. The van der Waals surface area contributed by atoms with E-state index in [9.17, 15) is 4.79 Å². The molecule has 5 heteroatoms. The maximum absolute atomic E-state index is 11.6. The summed E-state index contributed by atoms with van der Waals surface area (Å²) in [7, 11) is 0. The number of rotatable bonds is 5. The molecule has 1 aromatic rings. The van der Waals surface area contributed by atoms with Crippen LogP contribution in [0, 0.1) is 0 Å². The molecule has 0 heterocycles. The first-order valence-electron chi connectivity index (χ1n) is 5.15. The Bertz CT molecular complexity index is 401. The van der Waals surface area contributed by atoms with E-state index in [0.29, 0.717) is 22.3 Å². The summed E-state index contributed by atoms with van der Waals surface area (Å²) in [6.07, 6.45) is 1.62. The molecule has 1 aromatic carbocycles. The molecule has 0 fully saturated rings. The summed E-state index contributed by atoms with van der Waals surface area (Å²) in [6, 6.07) is 4.75. The van der Waals surface area contributed by atoms with Crippen molar-refractivity contribution in [2.24, 2.45) is 0 Å². The van der Waals surface area contributed by atoms with E-state index >= 15 is 0 Å². The Morgan fingerprint density at radius 2 is 2.06 bits per heavy atom. The van der Waals surface area contributed by atoms with Crippen molar-refractivity contribution in [2.45, 2.75) is 13.0 Å². The molecule has 1 amide bonds. The summed E-state index contributed by atoms with van der Waals surface area (Å²) < 4.78 is 0. The lowest BCUT2D eigenvalue weighted by atomic mass is 10.2. The van der Waals surface area contributed by atoms with Gasteiger partial charge >= 0.3 is 0 Å². The van der Waals surface area contributed by atoms with Crippen molar-refractivity contribution >= 4 is 34.8 Å². The van der Waals surface area contributed by atoms with E-state index in [2.05, 4.69) is 17.2 Å². The average molecular weight is 273 g/mol. The smallest absolute Gasteiger partial charge is 0.242 e. The fourth-order valence-electron chi connectivity index (χ4n) is 1.24. The van der Waals surface area contributed by atoms with Crippen molar-refractivity contribution < 1.29 is 4.79 Å². The monoisotopic (exact) mass is 272 g/mol. The second-order valence-corrected chi connectivity index (χ2v) is 4.31. The number of para-hydroxylation sites is 1. The number of nitrogens with one attached hydrogen (secondary N) is 2. The summed E-state index contributed by atoms with van der Waals surface area (Å²) in [5.41, 5.74) is 0.567. The van der Waals surface area contributed by atoms with Gasteiger partial charge in [-0.3, -0.25) is 4.79 Å². The predicted octanol–water partition coefficient (Wildman–Crippen LogP) is 3.10. The van der Waals surface area contributed by atoms with Gasteiger partial charge < -0.3 is 10.6 Å².